The van der Waals surface area contributed by atoms with Crippen LogP contribution in [0.15, 0.2) is 79.5 Å². The number of amides is 1. The highest BCUT2D eigenvalue weighted by Crippen LogP contribution is 2.23. The molecule has 0 atom stereocenters. The molecule has 1 amide bonds. The van der Waals surface area contributed by atoms with E-state index >= 15 is 0 Å². The van der Waals surface area contributed by atoms with Crippen LogP contribution in [-0.2, 0) is 11.8 Å². The number of rotatable bonds is 5. The minimum Gasteiger partial charge on any atom is -0.475 e. The number of nitrogens with one attached hydrogen (secondary N) is 1. The number of para-hydroxylation sites is 1. The molecule has 1 aliphatic rings. The second-order valence-electron chi connectivity index (χ2n) is 8.80. The molecule has 1 saturated heterocycles. The van der Waals surface area contributed by atoms with Gasteiger partial charge in [0.1, 0.15) is 5.69 Å². The molecule has 4 heterocycles. The average Bonchev–Trinajstić information content (AvgIpc) is 3.35. The predicted octanol–water partition coefficient (Wildman–Crippen LogP) is 4.22. The van der Waals surface area contributed by atoms with Gasteiger partial charge in [0.05, 0.1) is 0 Å². The van der Waals surface area contributed by atoms with E-state index in [9.17, 15) is 18.0 Å². The fourth-order valence-corrected chi connectivity index (χ4v) is 4.01. The Morgan fingerprint density at radius 3 is 2.10 bits per heavy atom. The maximum absolute atomic E-state index is 13.2. The van der Waals surface area contributed by atoms with E-state index in [0.717, 1.165) is 35.6 Å². The number of anilines is 3. The number of aliphatic carboxylic acids is 1. The number of aromatic nitrogens is 4. The highest BCUT2D eigenvalue weighted by molar-refractivity contribution is 5.94. The lowest BCUT2D eigenvalue weighted by atomic mass is 10.2. The van der Waals surface area contributed by atoms with Crippen LogP contribution >= 0.6 is 0 Å². The molecule has 13 heteroatoms. The number of carboxylic acids is 1. The number of carboxylic acid groups (broad SMARTS) is 1. The summed E-state index contributed by atoms with van der Waals surface area (Å²) in [4.78, 5) is 39.2. The first-order chi connectivity index (χ1) is 19.1. The number of nitrogens with zero attached hydrogens (tertiary/aromatic N) is 6. The fraction of sp³-hybridized carbons (Fsp3) is 0.222. The van der Waals surface area contributed by atoms with Gasteiger partial charge in [-0.15, -0.1) is 0 Å². The molecule has 1 aromatic carbocycles. The number of aryl methyl sites for hydroxylation is 1. The second kappa shape index (κ2) is 12.3. The van der Waals surface area contributed by atoms with Gasteiger partial charge in [-0.1, -0.05) is 18.2 Å². The highest BCUT2D eigenvalue weighted by atomic mass is 19.4. The third-order valence-corrected chi connectivity index (χ3v) is 6.08. The van der Waals surface area contributed by atoms with E-state index in [1.165, 1.54) is 0 Å². The molecule has 0 bridgehead atoms. The van der Waals surface area contributed by atoms with Crippen molar-refractivity contribution < 1.29 is 27.9 Å². The zero-order chi connectivity index (χ0) is 28.7. The number of pyridine rings is 1. The van der Waals surface area contributed by atoms with Crippen molar-refractivity contribution in [1.82, 2.24) is 24.4 Å². The van der Waals surface area contributed by atoms with E-state index in [2.05, 4.69) is 25.2 Å². The average molecular weight is 554 g/mol. The summed E-state index contributed by atoms with van der Waals surface area (Å²) in [5.74, 6) is -2.18. The first-order valence-electron chi connectivity index (χ1n) is 12.2. The van der Waals surface area contributed by atoms with Gasteiger partial charge < -0.3 is 24.8 Å². The summed E-state index contributed by atoms with van der Waals surface area (Å²) in [6, 6.07) is 15.7. The van der Waals surface area contributed by atoms with Crippen LogP contribution in [0.2, 0.25) is 0 Å². The molecule has 40 heavy (non-hydrogen) atoms. The van der Waals surface area contributed by atoms with Gasteiger partial charge in [-0.25, -0.2) is 14.8 Å². The molecule has 5 rings (SSSR count). The molecule has 208 valence electrons. The summed E-state index contributed by atoms with van der Waals surface area (Å²) in [6.07, 6.45) is 4.01. The Morgan fingerprint density at radius 2 is 1.52 bits per heavy atom. The highest BCUT2D eigenvalue weighted by Gasteiger charge is 2.38. The van der Waals surface area contributed by atoms with Gasteiger partial charge in [-0.05, 0) is 30.3 Å². The molecule has 4 aromatic rings. The van der Waals surface area contributed by atoms with Crippen molar-refractivity contribution in [3.05, 3.63) is 85.2 Å². The van der Waals surface area contributed by atoms with Gasteiger partial charge in [-0.2, -0.15) is 13.2 Å². The summed E-state index contributed by atoms with van der Waals surface area (Å²) >= 11 is 0. The molecule has 0 spiro atoms. The number of carbonyl (C=O) groups is 2. The molecule has 0 unspecified atom stereocenters. The Hall–Kier alpha value is -4.94. The topological polar surface area (TPSA) is 116 Å². The third kappa shape index (κ3) is 7.12. The fourth-order valence-electron chi connectivity index (χ4n) is 4.01. The lowest BCUT2D eigenvalue weighted by Gasteiger charge is -2.36. The van der Waals surface area contributed by atoms with Crippen LogP contribution in [0.1, 0.15) is 10.5 Å². The van der Waals surface area contributed by atoms with E-state index in [-0.39, 0.29) is 5.91 Å². The van der Waals surface area contributed by atoms with Crippen LogP contribution in [0.25, 0.3) is 11.1 Å². The summed E-state index contributed by atoms with van der Waals surface area (Å²) in [5, 5.41) is 10.3. The van der Waals surface area contributed by atoms with Crippen molar-refractivity contribution in [3.8, 4) is 11.1 Å². The van der Waals surface area contributed by atoms with E-state index in [4.69, 9.17) is 9.90 Å². The van der Waals surface area contributed by atoms with Crippen LogP contribution < -0.4 is 10.2 Å². The van der Waals surface area contributed by atoms with Crippen LogP contribution in [0.4, 0.5) is 30.5 Å². The van der Waals surface area contributed by atoms with Crippen molar-refractivity contribution in [2.24, 2.45) is 7.05 Å². The standard InChI is InChI=1S/C25H25N7O.C2HF3O2/c1-30-18-19(20-16-27-25(28-17-20)29-21-5-3-2-4-6-21)15-23(30)24(33)32-13-11-31(12-14-32)22-7-9-26-10-8-22;3-2(4,5)1(6)7/h2-10,15-18H,11-14H2,1H3,(H,27,28,29);(H,6,7). The number of carbonyl (C=O) groups excluding carboxylic acids is 1. The molecule has 0 radical (unpaired) electrons. The number of hydrogen-bond acceptors (Lipinski definition) is 7. The quantitative estimate of drug-likeness (QED) is 0.378. The number of hydrogen-bond donors (Lipinski definition) is 2. The van der Waals surface area contributed by atoms with Crippen LogP contribution in [-0.4, -0.2) is 73.8 Å². The van der Waals surface area contributed by atoms with E-state index < -0.39 is 12.1 Å². The Morgan fingerprint density at radius 1 is 0.925 bits per heavy atom. The van der Waals surface area contributed by atoms with Crippen molar-refractivity contribution >= 4 is 29.2 Å². The number of piperazine rings is 1. The first kappa shape index (κ1) is 28.1. The largest absolute Gasteiger partial charge is 0.490 e. The van der Waals surface area contributed by atoms with E-state index in [1.807, 2.05) is 71.2 Å². The lowest BCUT2D eigenvalue weighted by Crippen LogP contribution is -2.49. The monoisotopic (exact) mass is 553 g/mol. The Labute approximate surface area is 227 Å². The smallest absolute Gasteiger partial charge is 0.475 e. The van der Waals surface area contributed by atoms with Gasteiger partial charge in [0.25, 0.3) is 5.91 Å². The SMILES string of the molecule is Cn1cc(-c2cnc(Nc3ccccc3)nc2)cc1C(=O)N1CCN(c2ccncc2)CC1.O=C(O)C(F)(F)F. The normalized spacial score (nSPS) is 13.3. The number of halogens is 3. The number of alkyl halides is 3. The minimum absolute atomic E-state index is 0.0430. The van der Waals surface area contributed by atoms with Gasteiger partial charge in [0.15, 0.2) is 0 Å². The molecule has 1 fully saturated rings. The van der Waals surface area contributed by atoms with E-state index in [1.54, 1.807) is 24.8 Å². The van der Waals surface area contributed by atoms with Crippen LogP contribution in [0.5, 0.6) is 0 Å². The third-order valence-electron chi connectivity index (χ3n) is 6.08. The maximum atomic E-state index is 13.2. The number of benzene rings is 1. The van der Waals surface area contributed by atoms with Crippen molar-refractivity contribution in [2.75, 3.05) is 36.4 Å². The van der Waals surface area contributed by atoms with Gasteiger partial charge >= 0.3 is 12.1 Å². The maximum Gasteiger partial charge on any atom is 0.490 e. The molecule has 2 N–H and O–H groups in total. The van der Waals surface area contributed by atoms with Crippen molar-refractivity contribution in [2.45, 2.75) is 6.18 Å². The Bertz CT molecular complexity index is 1420. The molecule has 1 aliphatic heterocycles. The Kier molecular flexibility index (Phi) is 8.62. The lowest BCUT2D eigenvalue weighted by molar-refractivity contribution is -0.192. The summed E-state index contributed by atoms with van der Waals surface area (Å²) in [5.41, 5.74) is 4.52. The van der Waals surface area contributed by atoms with Gasteiger partial charge in [0.2, 0.25) is 5.95 Å². The first-order valence-corrected chi connectivity index (χ1v) is 12.2. The summed E-state index contributed by atoms with van der Waals surface area (Å²) < 4.78 is 33.6. The second-order valence-corrected chi connectivity index (χ2v) is 8.80. The van der Waals surface area contributed by atoms with Gasteiger partial charge in [0, 0.05) is 86.7 Å². The molecular formula is C27H26F3N7O3. The predicted molar refractivity (Wildman–Crippen MR) is 142 cm³/mol. The zero-order valence-corrected chi connectivity index (χ0v) is 21.4. The zero-order valence-electron chi connectivity index (χ0n) is 21.4. The van der Waals surface area contributed by atoms with Crippen LogP contribution in [0.3, 0.4) is 0 Å². The molecule has 3 aromatic heterocycles. The van der Waals surface area contributed by atoms with Crippen LogP contribution in [0, 0.1) is 0 Å². The van der Waals surface area contributed by atoms with E-state index in [0.29, 0.717) is 24.7 Å². The van der Waals surface area contributed by atoms with Crippen molar-refractivity contribution in [3.63, 3.8) is 0 Å². The minimum atomic E-state index is -5.08. The Balaban J connectivity index is 0.000000470. The summed E-state index contributed by atoms with van der Waals surface area (Å²) in [6.45, 7) is 2.97. The van der Waals surface area contributed by atoms with Gasteiger partial charge in [-0.3, -0.25) is 9.78 Å². The molecular weight excluding hydrogens is 527 g/mol. The molecule has 10 nitrogen and oxygen atoms in total. The molecule has 0 aliphatic carbocycles. The molecule has 0 saturated carbocycles. The summed E-state index contributed by atoms with van der Waals surface area (Å²) in [7, 11) is 1.90. The van der Waals surface area contributed by atoms with Crippen molar-refractivity contribution in [1.29, 1.82) is 0 Å².